The first-order valence-corrected chi connectivity index (χ1v) is 8.37. The van der Waals surface area contributed by atoms with Gasteiger partial charge in [-0.05, 0) is 60.5 Å². The number of carbonyl (C=O) groups excluding carboxylic acids is 1. The molecule has 2 aromatic carbocycles. The van der Waals surface area contributed by atoms with Crippen LogP contribution in [0.2, 0.25) is 5.02 Å². The highest BCUT2D eigenvalue weighted by atomic mass is 35.5. The van der Waals surface area contributed by atoms with Crippen LogP contribution >= 0.6 is 11.6 Å². The normalized spacial score (nSPS) is 10.4. The second-order valence-corrected chi connectivity index (χ2v) is 6.01. The lowest BCUT2D eigenvalue weighted by atomic mass is 10.1. The zero-order valence-corrected chi connectivity index (χ0v) is 14.5. The van der Waals surface area contributed by atoms with E-state index in [1.807, 2.05) is 24.3 Å². The highest BCUT2D eigenvalue weighted by molar-refractivity contribution is 6.30. The van der Waals surface area contributed by atoms with Gasteiger partial charge in [0, 0.05) is 17.3 Å². The van der Waals surface area contributed by atoms with Crippen molar-refractivity contribution < 1.29 is 9.18 Å². The number of hydrogen-bond acceptors (Lipinski definition) is 4. The minimum atomic E-state index is -0.408. The first kappa shape index (κ1) is 17.8. The van der Waals surface area contributed by atoms with Gasteiger partial charge in [-0.3, -0.25) is 4.79 Å². The molecule has 26 heavy (non-hydrogen) atoms. The fraction of sp³-hybridized carbons (Fsp3) is 0.105. The Morgan fingerprint density at radius 1 is 1.04 bits per heavy atom. The van der Waals surface area contributed by atoms with Gasteiger partial charge in [-0.2, -0.15) is 0 Å². The summed E-state index contributed by atoms with van der Waals surface area (Å²) in [5.41, 5.74) is 1.78. The molecule has 1 aromatic heterocycles. The number of amides is 1. The van der Waals surface area contributed by atoms with Gasteiger partial charge < -0.3 is 10.6 Å². The van der Waals surface area contributed by atoms with Gasteiger partial charge in [-0.15, -0.1) is 10.2 Å². The standard InChI is InChI=1S/C19H16ClFN4O/c20-14-3-1-2-13(12-14)10-11-22-18-9-8-17(24-25-18)19(26)23-16-6-4-15(21)5-7-16/h1-9,12H,10-11H2,(H,22,25)(H,23,26). The summed E-state index contributed by atoms with van der Waals surface area (Å²) in [5.74, 6) is -0.198. The minimum absolute atomic E-state index is 0.176. The van der Waals surface area contributed by atoms with Crippen LogP contribution in [0.4, 0.5) is 15.9 Å². The molecule has 0 aliphatic heterocycles. The number of carbonyl (C=O) groups is 1. The van der Waals surface area contributed by atoms with Crippen molar-refractivity contribution in [3.8, 4) is 0 Å². The van der Waals surface area contributed by atoms with Crippen molar-refractivity contribution in [1.29, 1.82) is 0 Å². The smallest absolute Gasteiger partial charge is 0.276 e. The van der Waals surface area contributed by atoms with Gasteiger partial charge in [0.1, 0.15) is 11.6 Å². The first-order chi connectivity index (χ1) is 12.6. The van der Waals surface area contributed by atoms with Gasteiger partial charge in [0.05, 0.1) is 0 Å². The maximum absolute atomic E-state index is 12.9. The van der Waals surface area contributed by atoms with Gasteiger partial charge in [-0.1, -0.05) is 23.7 Å². The quantitative estimate of drug-likeness (QED) is 0.683. The Morgan fingerprint density at radius 3 is 2.54 bits per heavy atom. The third-order valence-electron chi connectivity index (χ3n) is 3.61. The third-order valence-corrected chi connectivity index (χ3v) is 3.84. The van der Waals surface area contributed by atoms with Crippen molar-refractivity contribution in [3.05, 3.63) is 82.8 Å². The zero-order chi connectivity index (χ0) is 18.4. The maximum atomic E-state index is 12.9. The van der Waals surface area contributed by atoms with Crippen molar-refractivity contribution >= 4 is 29.0 Å². The van der Waals surface area contributed by atoms with Crippen LogP contribution in [0.3, 0.4) is 0 Å². The molecule has 0 saturated heterocycles. The Hall–Kier alpha value is -2.99. The summed E-state index contributed by atoms with van der Waals surface area (Å²) in [6.45, 7) is 0.663. The zero-order valence-electron chi connectivity index (χ0n) is 13.7. The molecule has 1 heterocycles. The van der Waals surface area contributed by atoms with E-state index in [1.54, 1.807) is 12.1 Å². The molecule has 0 saturated carbocycles. The molecule has 132 valence electrons. The SMILES string of the molecule is O=C(Nc1ccc(F)cc1)c1ccc(NCCc2cccc(Cl)c2)nn1. The number of benzene rings is 2. The van der Waals surface area contributed by atoms with Crippen molar-refractivity contribution in [1.82, 2.24) is 10.2 Å². The number of nitrogens with zero attached hydrogens (tertiary/aromatic N) is 2. The molecular formula is C19H16ClFN4O. The molecule has 0 atom stereocenters. The Balaban J connectivity index is 1.52. The molecule has 3 rings (SSSR count). The topological polar surface area (TPSA) is 66.9 Å². The number of halogens is 2. The van der Waals surface area contributed by atoms with Crippen LogP contribution < -0.4 is 10.6 Å². The maximum Gasteiger partial charge on any atom is 0.276 e. The van der Waals surface area contributed by atoms with Gasteiger partial charge in [0.15, 0.2) is 5.69 Å². The van der Waals surface area contributed by atoms with Crippen LogP contribution in [0, 0.1) is 5.82 Å². The monoisotopic (exact) mass is 370 g/mol. The minimum Gasteiger partial charge on any atom is -0.368 e. The van der Waals surface area contributed by atoms with E-state index >= 15 is 0 Å². The Kier molecular flexibility index (Phi) is 5.76. The summed E-state index contributed by atoms with van der Waals surface area (Å²) in [5, 5.41) is 14.4. The molecule has 0 unspecified atom stereocenters. The van der Waals surface area contributed by atoms with E-state index in [-0.39, 0.29) is 11.5 Å². The van der Waals surface area contributed by atoms with Crippen LogP contribution in [-0.4, -0.2) is 22.6 Å². The molecule has 0 bridgehead atoms. The number of aromatic nitrogens is 2. The van der Waals surface area contributed by atoms with Gasteiger partial charge in [0.2, 0.25) is 0 Å². The van der Waals surface area contributed by atoms with E-state index in [4.69, 9.17) is 11.6 Å². The molecule has 0 aliphatic carbocycles. The second kappa shape index (κ2) is 8.40. The second-order valence-electron chi connectivity index (χ2n) is 5.57. The van der Waals surface area contributed by atoms with Crippen LogP contribution in [-0.2, 0) is 6.42 Å². The first-order valence-electron chi connectivity index (χ1n) is 7.99. The van der Waals surface area contributed by atoms with E-state index in [0.29, 0.717) is 23.1 Å². The average molecular weight is 371 g/mol. The van der Waals surface area contributed by atoms with E-state index in [1.165, 1.54) is 24.3 Å². The van der Waals surface area contributed by atoms with Crippen LogP contribution in [0.15, 0.2) is 60.7 Å². The van der Waals surface area contributed by atoms with E-state index in [9.17, 15) is 9.18 Å². The summed E-state index contributed by atoms with van der Waals surface area (Å²) in [6, 6.07) is 16.4. The molecule has 3 aromatic rings. The number of hydrogen-bond donors (Lipinski definition) is 2. The Labute approximate surface area is 155 Å². The molecule has 0 fully saturated rings. The Morgan fingerprint density at radius 2 is 1.85 bits per heavy atom. The summed E-state index contributed by atoms with van der Waals surface area (Å²) >= 11 is 5.95. The van der Waals surface area contributed by atoms with Crippen molar-refractivity contribution in [2.75, 3.05) is 17.2 Å². The fourth-order valence-corrected chi connectivity index (χ4v) is 2.52. The number of nitrogens with one attached hydrogen (secondary N) is 2. The van der Waals surface area contributed by atoms with Crippen LogP contribution in [0.25, 0.3) is 0 Å². The predicted octanol–water partition coefficient (Wildman–Crippen LogP) is 4.18. The summed E-state index contributed by atoms with van der Waals surface area (Å²) < 4.78 is 12.9. The number of anilines is 2. The summed E-state index contributed by atoms with van der Waals surface area (Å²) in [6.07, 6.45) is 0.787. The highest BCUT2D eigenvalue weighted by Gasteiger charge is 2.08. The van der Waals surface area contributed by atoms with E-state index in [2.05, 4.69) is 20.8 Å². The van der Waals surface area contributed by atoms with Gasteiger partial charge in [-0.25, -0.2) is 4.39 Å². The van der Waals surface area contributed by atoms with E-state index < -0.39 is 5.91 Å². The van der Waals surface area contributed by atoms with Crippen molar-refractivity contribution in [2.45, 2.75) is 6.42 Å². The molecule has 0 aliphatic rings. The summed E-state index contributed by atoms with van der Waals surface area (Å²) in [7, 11) is 0. The average Bonchev–Trinajstić information content (AvgIpc) is 2.64. The Bertz CT molecular complexity index is 885. The van der Waals surface area contributed by atoms with Gasteiger partial charge >= 0.3 is 0 Å². The predicted molar refractivity (Wildman–Crippen MR) is 100 cm³/mol. The molecule has 0 radical (unpaired) electrons. The largest absolute Gasteiger partial charge is 0.368 e. The van der Waals surface area contributed by atoms with Crippen LogP contribution in [0.5, 0.6) is 0 Å². The fourth-order valence-electron chi connectivity index (χ4n) is 2.30. The lowest BCUT2D eigenvalue weighted by Crippen LogP contribution is -2.15. The lowest BCUT2D eigenvalue weighted by Gasteiger charge is -2.07. The summed E-state index contributed by atoms with van der Waals surface area (Å²) in [4.78, 5) is 12.1. The van der Waals surface area contributed by atoms with Crippen LogP contribution in [0.1, 0.15) is 16.1 Å². The molecular weight excluding hydrogens is 355 g/mol. The highest BCUT2D eigenvalue weighted by Crippen LogP contribution is 2.12. The molecule has 0 spiro atoms. The molecule has 1 amide bonds. The van der Waals surface area contributed by atoms with E-state index in [0.717, 1.165) is 12.0 Å². The third kappa shape index (κ3) is 5.00. The molecule has 2 N–H and O–H groups in total. The lowest BCUT2D eigenvalue weighted by molar-refractivity contribution is 0.102. The molecule has 7 heteroatoms. The van der Waals surface area contributed by atoms with Crippen molar-refractivity contribution in [3.63, 3.8) is 0 Å². The number of rotatable bonds is 6. The van der Waals surface area contributed by atoms with Gasteiger partial charge in [0.25, 0.3) is 5.91 Å². The molecule has 5 nitrogen and oxygen atoms in total. The van der Waals surface area contributed by atoms with Crippen molar-refractivity contribution in [2.24, 2.45) is 0 Å².